The fourth-order valence-electron chi connectivity index (χ4n) is 5.03. The van der Waals surface area contributed by atoms with Crippen LogP contribution in [0.2, 0.25) is 0 Å². The van der Waals surface area contributed by atoms with Gasteiger partial charge in [0, 0.05) is 13.1 Å². The first-order chi connectivity index (χ1) is 8.70. The lowest BCUT2D eigenvalue weighted by Crippen LogP contribution is -2.55. The van der Waals surface area contributed by atoms with Gasteiger partial charge < -0.3 is 10.6 Å². The summed E-state index contributed by atoms with van der Waals surface area (Å²) >= 11 is 1.52. The van der Waals surface area contributed by atoms with Gasteiger partial charge in [0.15, 0.2) is 0 Å². The lowest BCUT2D eigenvalue weighted by atomic mass is 9.54. The van der Waals surface area contributed by atoms with Crippen molar-refractivity contribution in [2.75, 3.05) is 17.7 Å². The molecule has 1 aromatic rings. The van der Waals surface area contributed by atoms with Crippen LogP contribution in [0, 0.1) is 23.7 Å². The summed E-state index contributed by atoms with van der Waals surface area (Å²) in [6.07, 6.45) is 7.27. The van der Waals surface area contributed by atoms with Crippen LogP contribution >= 0.6 is 11.3 Å². The van der Waals surface area contributed by atoms with Crippen LogP contribution in [0.15, 0.2) is 0 Å². The topological polar surface area (TPSA) is 55.0 Å². The van der Waals surface area contributed by atoms with E-state index in [9.17, 15) is 0 Å². The molecule has 0 unspecified atom stereocenters. The van der Waals surface area contributed by atoms with Crippen molar-refractivity contribution < 1.29 is 0 Å². The summed E-state index contributed by atoms with van der Waals surface area (Å²) in [5, 5.41) is 9.76. The number of nitrogens with two attached hydrogens (primary N) is 1. The number of nitrogens with zero attached hydrogens (tertiary/aromatic N) is 3. The fourth-order valence-corrected chi connectivity index (χ4v) is 5.64. The van der Waals surface area contributed by atoms with E-state index in [2.05, 4.69) is 22.1 Å². The van der Waals surface area contributed by atoms with Crippen LogP contribution in [0.4, 0.5) is 10.3 Å². The molecule has 0 aromatic carbocycles. The van der Waals surface area contributed by atoms with Crippen molar-refractivity contribution in [3.05, 3.63) is 0 Å². The van der Waals surface area contributed by atoms with Crippen LogP contribution < -0.4 is 10.6 Å². The molecule has 0 spiro atoms. The first-order valence-corrected chi connectivity index (χ1v) is 7.84. The highest BCUT2D eigenvalue weighted by Crippen LogP contribution is 2.55. The van der Waals surface area contributed by atoms with E-state index >= 15 is 0 Å². The Labute approximate surface area is 112 Å². The van der Waals surface area contributed by atoms with E-state index < -0.39 is 0 Å². The van der Waals surface area contributed by atoms with Gasteiger partial charge in [0.25, 0.3) is 0 Å². The predicted molar refractivity (Wildman–Crippen MR) is 73.6 cm³/mol. The van der Waals surface area contributed by atoms with Crippen LogP contribution in [0.1, 0.15) is 32.1 Å². The number of anilines is 2. The molecule has 2 N–H and O–H groups in total. The zero-order chi connectivity index (χ0) is 12.3. The van der Waals surface area contributed by atoms with Crippen molar-refractivity contribution in [3.8, 4) is 0 Å². The van der Waals surface area contributed by atoms with Gasteiger partial charge in [-0.1, -0.05) is 11.3 Å². The van der Waals surface area contributed by atoms with Gasteiger partial charge in [0.2, 0.25) is 10.3 Å². The molecule has 1 heterocycles. The molecule has 1 aromatic heterocycles. The zero-order valence-corrected chi connectivity index (χ0v) is 11.6. The number of hydrogen-bond donors (Lipinski definition) is 1. The van der Waals surface area contributed by atoms with Crippen LogP contribution in [0.3, 0.4) is 0 Å². The van der Waals surface area contributed by atoms with Crippen molar-refractivity contribution >= 4 is 21.6 Å². The largest absolute Gasteiger partial charge is 0.374 e. The minimum Gasteiger partial charge on any atom is -0.374 e. The zero-order valence-electron chi connectivity index (χ0n) is 10.7. The van der Waals surface area contributed by atoms with Gasteiger partial charge in [-0.2, -0.15) is 0 Å². The standard InChI is InChI=1S/C13H20N4S/c1-17(13-16-15-12(14)18-13)11-9-3-7-2-8(5-9)6-10(11)4-7/h7-11H,2-6H2,1H3,(H2,14,15). The Balaban J connectivity index is 1.61. The van der Waals surface area contributed by atoms with Crippen LogP contribution in [0.5, 0.6) is 0 Å². The summed E-state index contributed by atoms with van der Waals surface area (Å²) < 4.78 is 0. The van der Waals surface area contributed by atoms with Gasteiger partial charge in [0.05, 0.1) is 0 Å². The van der Waals surface area contributed by atoms with Crippen molar-refractivity contribution in [1.82, 2.24) is 10.2 Å². The molecular weight excluding hydrogens is 244 g/mol. The van der Waals surface area contributed by atoms with Crippen molar-refractivity contribution in [3.63, 3.8) is 0 Å². The molecule has 98 valence electrons. The third-order valence-electron chi connectivity index (χ3n) is 5.36. The quantitative estimate of drug-likeness (QED) is 0.891. The number of rotatable bonds is 2. The first-order valence-electron chi connectivity index (χ1n) is 7.02. The summed E-state index contributed by atoms with van der Waals surface area (Å²) in [5.41, 5.74) is 5.71. The van der Waals surface area contributed by atoms with Crippen molar-refractivity contribution in [2.45, 2.75) is 38.1 Å². The molecule has 0 radical (unpaired) electrons. The highest BCUT2D eigenvalue weighted by Gasteiger charge is 2.49. The highest BCUT2D eigenvalue weighted by atomic mass is 32.1. The van der Waals surface area contributed by atoms with E-state index in [-0.39, 0.29) is 0 Å². The highest BCUT2D eigenvalue weighted by molar-refractivity contribution is 7.18. The minimum absolute atomic E-state index is 0.584. The molecule has 4 saturated carbocycles. The van der Waals surface area contributed by atoms with Crippen LogP contribution in [-0.2, 0) is 0 Å². The summed E-state index contributed by atoms with van der Waals surface area (Å²) in [6, 6.07) is 0.685. The third-order valence-corrected chi connectivity index (χ3v) is 6.20. The molecule has 0 atom stereocenters. The summed E-state index contributed by atoms with van der Waals surface area (Å²) in [6.45, 7) is 0. The normalized spacial score (nSPS) is 41.3. The number of aromatic nitrogens is 2. The molecule has 0 saturated heterocycles. The average Bonchev–Trinajstić information content (AvgIpc) is 2.74. The maximum Gasteiger partial charge on any atom is 0.209 e. The van der Waals surface area contributed by atoms with Gasteiger partial charge >= 0.3 is 0 Å². The first kappa shape index (κ1) is 11.0. The number of hydrogen-bond acceptors (Lipinski definition) is 5. The maximum absolute atomic E-state index is 5.71. The summed E-state index contributed by atoms with van der Waals surface area (Å²) in [5.74, 6) is 3.82. The summed E-state index contributed by atoms with van der Waals surface area (Å²) in [7, 11) is 2.19. The smallest absolute Gasteiger partial charge is 0.209 e. The van der Waals surface area contributed by atoms with Gasteiger partial charge in [-0.3, -0.25) is 0 Å². The van der Waals surface area contributed by atoms with E-state index in [0.717, 1.165) is 28.8 Å². The Morgan fingerprint density at radius 1 is 1.06 bits per heavy atom. The van der Waals surface area contributed by atoms with Gasteiger partial charge in [-0.25, -0.2) is 0 Å². The van der Waals surface area contributed by atoms with Crippen molar-refractivity contribution in [2.24, 2.45) is 23.7 Å². The monoisotopic (exact) mass is 264 g/mol. The molecule has 4 aliphatic rings. The second kappa shape index (κ2) is 3.83. The Morgan fingerprint density at radius 2 is 1.67 bits per heavy atom. The Hall–Kier alpha value is -0.840. The second-order valence-electron chi connectivity index (χ2n) is 6.46. The summed E-state index contributed by atoms with van der Waals surface area (Å²) in [4.78, 5) is 2.38. The predicted octanol–water partition coefficient (Wildman–Crippen LogP) is 2.38. The van der Waals surface area contributed by atoms with E-state index in [4.69, 9.17) is 5.73 Å². The second-order valence-corrected chi connectivity index (χ2v) is 7.44. The third kappa shape index (κ3) is 1.56. The SMILES string of the molecule is CN(c1nnc(N)s1)C1C2CC3CC(C2)CC1C3. The van der Waals surface area contributed by atoms with E-state index in [0.29, 0.717) is 11.2 Å². The Kier molecular flexibility index (Phi) is 2.34. The lowest BCUT2D eigenvalue weighted by molar-refractivity contribution is -0.00125. The molecule has 4 fully saturated rings. The average molecular weight is 264 g/mol. The van der Waals surface area contributed by atoms with Gasteiger partial charge in [-0.15, -0.1) is 10.2 Å². The number of nitrogen functional groups attached to an aromatic ring is 1. The van der Waals surface area contributed by atoms with Crippen LogP contribution in [-0.4, -0.2) is 23.3 Å². The molecule has 0 aliphatic heterocycles. The molecule has 4 aliphatic carbocycles. The maximum atomic E-state index is 5.71. The van der Waals surface area contributed by atoms with E-state index in [1.807, 2.05) is 0 Å². The molecule has 0 amide bonds. The molecule has 4 nitrogen and oxygen atoms in total. The van der Waals surface area contributed by atoms with Crippen LogP contribution in [0.25, 0.3) is 0 Å². The minimum atomic E-state index is 0.584. The molecule has 18 heavy (non-hydrogen) atoms. The van der Waals surface area contributed by atoms with Crippen molar-refractivity contribution in [1.29, 1.82) is 0 Å². The molecule has 5 rings (SSSR count). The van der Waals surface area contributed by atoms with Gasteiger partial charge in [-0.05, 0) is 55.8 Å². The lowest BCUT2D eigenvalue weighted by Gasteiger charge is -2.56. The van der Waals surface area contributed by atoms with Gasteiger partial charge in [0.1, 0.15) is 0 Å². The van der Waals surface area contributed by atoms with E-state index in [1.165, 1.54) is 43.4 Å². The fraction of sp³-hybridized carbons (Fsp3) is 0.846. The molecular formula is C13H20N4S. The van der Waals surface area contributed by atoms with E-state index in [1.54, 1.807) is 0 Å². The molecule has 5 heteroatoms. The molecule has 4 bridgehead atoms. The Bertz CT molecular complexity index is 430. The Morgan fingerprint density at radius 3 is 2.17 bits per heavy atom.